The molecule has 1 aromatic carbocycles. The van der Waals surface area contributed by atoms with E-state index < -0.39 is 0 Å². The Bertz CT molecular complexity index is 389. The van der Waals surface area contributed by atoms with Crippen molar-refractivity contribution in [1.29, 1.82) is 0 Å². The van der Waals surface area contributed by atoms with Gasteiger partial charge in [0.25, 0.3) is 0 Å². The van der Waals surface area contributed by atoms with Crippen molar-refractivity contribution < 1.29 is 0 Å². The minimum atomic E-state index is 0.831. The van der Waals surface area contributed by atoms with E-state index >= 15 is 0 Å². The predicted octanol–water partition coefficient (Wildman–Crippen LogP) is 4.56. The Balaban J connectivity index is 1.81. The minimum Gasteiger partial charge on any atom is -0.312 e. The first-order valence-electron chi connectivity index (χ1n) is 7.12. The molecule has 2 atom stereocenters. The van der Waals surface area contributed by atoms with Crippen LogP contribution in [0.5, 0.6) is 0 Å². The fourth-order valence-corrected chi connectivity index (χ4v) is 3.17. The monoisotopic (exact) mass is 265 g/mol. The van der Waals surface area contributed by atoms with Crippen LogP contribution in [0.15, 0.2) is 18.2 Å². The maximum absolute atomic E-state index is 5.97. The highest BCUT2D eigenvalue weighted by Gasteiger charge is 2.20. The molecule has 2 unspecified atom stereocenters. The van der Waals surface area contributed by atoms with Gasteiger partial charge in [0.1, 0.15) is 0 Å². The van der Waals surface area contributed by atoms with E-state index in [1.165, 1.54) is 36.8 Å². The van der Waals surface area contributed by atoms with Crippen molar-refractivity contribution in [1.82, 2.24) is 5.32 Å². The van der Waals surface area contributed by atoms with Gasteiger partial charge in [0.15, 0.2) is 0 Å². The van der Waals surface area contributed by atoms with Crippen molar-refractivity contribution in [3.05, 3.63) is 34.3 Å². The van der Waals surface area contributed by atoms with Gasteiger partial charge in [-0.2, -0.15) is 0 Å². The largest absolute Gasteiger partial charge is 0.312 e. The van der Waals surface area contributed by atoms with Gasteiger partial charge in [-0.1, -0.05) is 43.9 Å². The Labute approximate surface area is 116 Å². The molecule has 0 spiro atoms. The van der Waals surface area contributed by atoms with Crippen LogP contribution in [0.3, 0.4) is 0 Å². The molecule has 1 aliphatic carbocycles. The molecule has 0 amide bonds. The number of rotatable bonds is 4. The van der Waals surface area contributed by atoms with Gasteiger partial charge in [-0.05, 0) is 55.0 Å². The number of benzene rings is 1. The summed E-state index contributed by atoms with van der Waals surface area (Å²) in [5, 5.41) is 4.45. The van der Waals surface area contributed by atoms with Crippen molar-refractivity contribution >= 4 is 11.6 Å². The van der Waals surface area contributed by atoms with Gasteiger partial charge >= 0.3 is 0 Å². The van der Waals surface area contributed by atoms with Gasteiger partial charge in [-0.3, -0.25) is 0 Å². The van der Waals surface area contributed by atoms with Gasteiger partial charge < -0.3 is 5.32 Å². The van der Waals surface area contributed by atoms with Crippen molar-refractivity contribution in [3.63, 3.8) is 0 Å². The molecule has 0 saturated heterocycles. The average molecular weight is 266 g/mol. The Hall–Kier alpha value is -0.530. The van der Waals surface area contributed by atoms with Crippen LogP contribution in [-0.4, -0.2) is 6.54 Å². The normalized spacial score (nSPS) is 24.2. The zero-order valence-electron chi connectivity index (χ0n) is 11.5. The third kappa shape index (κ3) is 3.73. The lowest BCUT2D eigenvalue weighted by atomic mass is 9.80. The van der Waals surface area contributed by atoms with Crippen LogP contribution in [0.4, 0.5) is 0 Å². The SMILES string of the molecule is Cc1cc(Cl)ccc1CNCC1CCCCC1C. The molecule has 100 valence electrons. The highest BCUT2D eigenvalue weighted by atomic mass is 35.5. The van der Waals surface area contributed by atoms with E-state index in [0.717, 1.165) is 29.9 Å². The zero-order chi connectivity index (χ0) is 13.0. The van der Waals surface area contributed by atoms with Crippen LogP contribution in [-0.2, 0) is 6.54 Å². The number of hydrogen-bond acceptors (Lipinski definition) is 1. The Morgan fingerprint density at radius 2 is 2.06 bits per heavy atom. The highest BCUT2D eigenvalue weighted by Crippen LogP contribution is 2.28. The Morgan fingerprint density at radius 3 is 2.78 bits per heavy atom. The maximum atomic E-state index is 5.97. The number of nitrogens with one attached hydrogen (secondary N) is 1. The van der Waals surface area contributed by atoms with E-state index in [0.29, 0.717) is 0 Å². The molecule has 0 aliphatic heterocycles. The summed E-state index contributed by atoms with van der Waals surface area (Å²) in [6.07, 6.45) is 5.64. The zero-order valence-corrected chi connectivity index (χ0v) is 12.3. The van der Waals surface area contributed by atoms with Crippen LogP contribution in [0.25, 0.3) is 0 Å². The van der Waals surface area contributed by atoms with Crippen molar-refractivity contribution in [3.8, 4) is 0 Å². The highest BCUT2D eigenvalue weighted by molar-refractivity contribution is 6.30. The number of halogens is 1. The predicted molar refractivity (Wildman–Crippen MR) is 79.0 cm³/mol. The van der Waals surface area contributed by atoms with Gasteiger partial charge in [-0.25, -0.2) is 0 Å². The van der Waals surface area contributed by atoms with E-state index in [1.807, 2.05) is 12.1 Å². The van der Waals surface area contributed by atoms with Crippen LogP contribution < -0.4 is 5.32 Å². The van der Waals surface area contributed by atoms with E-state index in [1.54, 1.807) is 0 Å². The Kier molecular flexibility index (Phi) is 5.08. The molecule has 0 heterocycles. The van der Waals surface area contributed by atoms with Crippen molar-refractivity contribution in [2.24, 2.45) is 11.8 Å². The average Bonchev–Trinajstić information content (AvgIpc) is 2.34. The molecular formula is C16H24ClN. The molecule has 1 nitrogen and oxygen atoms in total. The van der Waals surface area contributed by atoms with E-state index in [2.05, 4.69) is 25.2 Å². The molecule has 0 bridgehead atoms. The summed E-state index contributed by atoms with van der Waals surface area (Å²) in [4.78, 5) is 0. The van der Waals surface area contributed by atoms with Gasteiger partial charge in [-0.15, -0.1) is 0 Å². The fraction of sp³-hybridized carbons (Fsp3) is 0.625. The van der Waals surface area contributed by atoms with Crippen LogP contribution in [0, 0.1) is 18.8 Å². The molecule has 2 heteroatoms. The number of hydrogen-bond donors (Lipinski definition) is 1. The minimum absolute atomic E-state index is 0.831. The lowest BCUT2D eigenvalue weighted by Gasteiger charge is -2.29. The fourth-order valence-electron chi connectivity index (χ4n) is 2.95. The molecule has 1 fully saturated rings. The summed E-state index contributed by atoms with van der Waals surface area (Å²) in [5.74, 6) is 1.75. The van der Waals surface area contributed by atoms with E-state index in [4.69, 9.17) is 11.6 Å². The van der Waals surface area contributed by atoms with Crippen LogP contribution >= 0.6 is 11.6 Å². The molecule has 1 N–H and O–H groups in total. The van der Waals surface area contributed by atoms with Gasteiger partial charge in [0.05, 0.1) is 0 Å². The molecule has 0 aromatic heterocycles. The molecular weight excluding hydrogens is 242 g/mol. The molecule has 1 saturated carbocycles. The first-order valence-corrected chi connectivity index (χ1v) is 7.50. The third-order valence-corrected chi connectivity index (χ3v) is 4.55. The summed E-state index contributed by atoms with van der Waals surface area (Å²) in [6.45, 7) is 6.65. The summed E-state index contributed by atoms with van der Waals surface area (Å²) in [7, 11) is 0. The smallest absolute Gasteiger partial charge is 0.0408 e. The summed E-state index contributed by atoms with van der Waals surface area (Å²) in [5.41, 5.74) is 2.65. The van der Waals surface area contributed by atoms with E-state index in [9.17, 15) is 0 Å². The quantitative estimate of drug-likeness (QED) is 0.841. The Morgan fingerprint density at radius 1 is 1.28 bits per heavy atom. The standard InChI is InChI=1S/C16H24ClN/c1-12-5-3-4-6-14(12)10-18-11-15-7-8-16(17)9-13(15)2/h7-9,12,14,18H,3-6,10-11H2,1-2H3. The van der Waals surface area contributed by atoms with Gasteiger partial charge in [0, 0.05) is 11.6 Å². The second-order valence-corrected chi connectivity index (χ2v) is 6.16. The summed E-state index contributed by atoms with van der Waals surface area (Å²) >= 11 is 5.97. The molecule has 1 aliphatic rings. The maximum Gasteiger partial charge on any atom is 0.0408 e. The van der Waals surface area contributed by atoms with Crippen LogP contribution in [0.2, 0.25) is 5.02 Å². The molecule has 1 aromatic rings. The van der Waals surface area contributed by atoms with Gasteiger partial charge in [0.2, 0.25) is 0 Å². The summed E-state index contributed by atoms with van der Waals surface area (Å²) in [6, 6.07) is 6.16. The third-order valence-electron chi connectivity index (χ3n) is 4.32. The second-order valence-electron chi connectivity index (χ2n) is 5.72. The second kappa shape index (κ2) is 6.58. The molecule has 0 radical (unpaired) electrons. The summed E-state index contributed by atoms with van der Waals surface area (Å²) < 4.78 is 0. The van der Waals surface area contributed by atoms with Crippen LogP contribution in [0.1, 0.15) is 43.7 Å². The van der Waals surface area contributed by atoms with Crippen molar-refractivity contribution in [2.75, 3.05) is 6.54 Å². The lowest BCUT2D eigenvalue weighted by Crippen LogP contribution is -2.29. The van der Waals surface area contributed by atoms with E-state index in [-0.39, 0.29) is 0 Å². The first-order chi connectivity index (χ1) is 8.66. The molecule has 2 rings (SSSR count). The lowest BCUT2D eigenvalue weighted by molar-refractivity contribution is 0.247. The van der Waals surface area contributed by atoms with Crippen molar-refractivity contribution in [2.45, 2.75) is 46.1 Å². The molecule has 18 heavy (non-hydrogen) atoms. The first kappa shape index (κ1) is 13.9. The number of aryl methyl sites for hydroxylation is 1. The topological polar surface area (TPSA) is 12.0 Å².